The summed E-state index contributed by atoms with van der Waals surface area (Å²) in [6, 6.07) is 25.3. The number of pyridine rings is 2. The molecule has 0 spiro atoms. The van der Waals surface area contributed by atoms with Gasteiger partial charge in [0.2, 0.25) is 0 Å². The van der Waals surface area contributed by atoms with Crippen molar-refractivity contribution in [2.45, 2.75) is 56.8 Å². The molecule has 4 aromatic rings. The van der Waals surface area contributed by atoms with E-state index in [0.29, 0.717) is 12.6 Å². The summed E-state index contributed by atoms with van der Waals surface area (Å²) in [6.07, 6.45) is 6.16. The number of methoxy groups -OCH3 is 1. The highest BCUT2D eigenvalue weighted by molar-refractivity contribution is 6.66. The van der Waals surface area contributed by atoms with Crippen molar-refractivity contribution in [2.24, 2.45) is 0 Å². The maximum Gasteiger partial charge on any atom is 0.511 e. The van der Waals surface area contributed by atoms with E-state index in [0.717, 1.165) is 30.3 Å². The number of alkyl halides is 3. The summed E-state index contributed by atoms with van der Waals surface area (Å²) in [5, 5.41) is 3.01. The fraction of sp³-hybridized carbons (Fsp3) is 0.294. The van der Waals surface area contributed by atoms with Crippen molar-refractivity contribution in [1.29, 1.82) is 0 Å². The monoisotopic (exact) mass is 706 g/mol. The number of nitrogens with zero attached hydrogens (tertiary/aromatic N) is 3. The number of halogens is 4. The smallest absolute Gasteiger partial charge is 0.438 e. The number of ether oxygens (including phenoxy) is 2. The molecule has 0 atom stereocenters. The third-order valence-electron chi connectivity index (χ3n) is 6.16. The van der Waals surface area contributed by atoms with Crippen molar-refractivity contribution in [2.75, 3.05) is 7.11 Å². The van der Waals surface area contributed by atoms with Gasteiger partial charge in [-0.2, -0.15) is 0 Å². The number of hydrogen-bond donors (Lipinski definition) is 1. The Morgan fingerprint density at radius 3 is 1.65 bits per heavy atom. The molecule has 0 aliphatic carbocycles. The molecule has 4 rings (SSSR count). The lowest BCUT2D eigenvalue weighted by Gasteiger charge is -2.24. The first kappa shape index (κ1) is 38.8. The Hall–Kier alpha value is -3.40. The van der Waals surface area contributed by atoms with Crippen LogP contribution in [0.15, 0.2) is 97.6 Å². The standard InChI is InChI=1S/C16H17ClN2O.C15H18N2.C3H3Cl3O3/c1-12(2)19(16(17)20)11-13-4-3-5-15(10-13)14-6-8-18-9-7-14;1-12(2)17-11-13-4-3-5-15(10-13)14-6-8-16-9-7-14;1-8-2(7)9-3(4,5)6/h3-10,12H,11H2,1-2H3;3-10,12,17H,11H2,1-2H3;1H3. The molecule has 2 aromatic heterocycles. The summed E-state index contributed by atoms with van der Waals surface area (Å²) in [4.78, 5) is 31.2. The first-order valence-corrected chi connectivity index (χ1v) is 15.8. The first-order chi connectivity index (χ1) is 21.8. The molecule has 0 fully saturated rings. The molecule has 246 valence electrons. The van der Waals surface area contributed by atoms with Crippen molar-refractivity contribution >= 4 is 57.9 Å². The molecule has 0 unspecified atom stereocenters. The Labute approximate surface area is 291 Å². The maximum atomic E-state index is 11.4. The molecule has 8 nitrogen and oxygen atoms in total. The van der Waals surface area contributed by atoms with E-state index in [1.165, 1.54) is 16.7 Å². The topological polar surface area (TPSA) is 93.7 Å². The van der Waals surface area contributed by atoms with Crippen LogP contribution in [0.5, 0.6) is 0 Å². The Balaban J connectivity index is 0.000000258. The van der Waals surface area contributed by atoms with E-state index in [4.69, 9.17) is 46.4 Å². The minimum absolute atomic E-state index is 0.0737. The highest BCUT2D eigenvalue weighted by Crippen LogP contribution is 2.27. The van der Waals surface area contributed by atoms with Crippen LogP contribution in [-0.2, 0) is 22.6 Å². The summed E-state index contributed by atoms with van der Waals surface area (Å²) < 4.78 is 6.00. The normalized spacial score (nSPS) is 10.7. The Kier molecular flexibility index (Phi) is 16.8. The van der Waals surface area contributed by atoms with Gasteiger partial charge in [0.25, 0.3) is 0 Å². The average Bonchev–Trinajstić information content (AvgIpc) is 3.03. The molecular weight excluding hydrogens is 670 g/mol. The predicted octanol–water partition coefficient (Wildman–Crippen LogP) is 9.66. The molecule has 46 heavy (non-hydrogen) atoms. The second kappa shape index (κ2) is 20.0. The van der Waals surface area contributed by atoms with E-state index >= 15 is 0 Å². The van der Waals surface area contributed by atoms with E-state index in [2.05, 4.69) is 68.9 Å². The summed E-state index contributed by atoms with van der Waals surface area (Å²) in [6.45, 7) is 9.65. The van der Waals surface area contributed by atoms with Crippen LogP contribution in [0.3, 0.4) is 0 Å². The number of aromatic nitrogens is 2. The summed E-state index contributed by atoms with van der Waals surface area (Å²) in [5.41, 5.74) is 7.04. The number of carbonyl (C=O) groups excluding carboxylic acids is 2. The molecule has 0 bridgehead atoms. The van der Waals surface area contributed by atoms with Gasteiger partial charge in [0.05, 0.1) is 7.11 Å². The van der Waals surface area contributed by atoms with Crippen molar-refractivity contribution < 1.29 is 19.1 Å². The highest BCUT2D eigenvalue weighted by Gasteiger charge is 2.25. The molecule has 1 amide bonds. The van der Waals surface area contributed by atoms with Crippen molar-refractivity contribution in [3.05, 3.63) is 109 Å². The second-order valence-electron chi connectivity index (χ2n) is 10.4. The minimum Gasteiger partial charge on any atom is -0.438 e. The first-order valence-electron chi connectivity index (χ1n) is 14.3. The van der Waals surface area contributed by atoms with E-state index in [9.17, 15) is 9.59 Å². The average molecular weight is 709 g/mol. The number of hydrogen-bond acceptors (Lipinski definition) is 7. The summed E-state index contributed by atoms with van der Waals surface area (Å²) in [5.74, 6) is 0. The maximum absolute atomic E-state index is 11.4. The van der Waals surface area contributed by atoms with Gasteiger partial charge in [0.1, 0.15) is 0 Å². The molecule has 0 aliphatic rings. The van der Waals surface area contributed by atoms with Crippen molar-refractivity contribution in [1.82, 2.24) is 20.2 Å². The number of rotatable bonds is 8. The molecule has 1 N–H and O–H groups in total. The molecular formula is C34H38Cl4N4O4. The van der Waals surface area contributed by atoms with E-state index < -0.39 is 15.5 Å². The molecule has 2 heterocycles. The van der Waals surface area contributed by atoms with Crippen LogP contribution in [0, 0.1) is 0 Å². The van der Waals surface area contributed by atoms with Crippen LogP contribution in [0.25, 0.3) is 22.3 Å². The number of nitrogens with one attached hydrogen (secondary N) is 1. The van der Waals surface area contributed by atoms with Crippen LogP contribution in [0.2, 0.25) is 0 Å². The third-order valence-corrected chi connectivity index (χ3v) is 6.61. The van der Waals surface area contributed by atoms with Crippen LogP contribution in [0.1, 0.15) is 38.8 Å². The summed E-state index contributed by atoms with van der Waals surface area (Å²) in [7, 11) is 1.11. The van der Waals surface area contributed by atoms with Gasteiger partial charge in [0, 0.05) is 50.0 Å². The van der Waals surface area contributed by atoms with E-state index in [-0.39, 0.29) is 6.04 Å². The SMILES string of the molecule is CC(C)N(Cc1cccc(-c2ccncc2)c1)C(=O)Cl.CC(C)NCc1cccc(-c2ccncc2)c1.COC(=O)OC(Cl)(Cl)Cl. The van der Waals surface area contributed by atoms with Gasteiger partial charge in [0.15, 0.2) is 0 Å². The molecule has 0 saturated heterocycles. The van der Waals surface area contributed by atoms with Gasteiger partial charge in [-0.1, -0.05) is 50.2 Å². The molecule has 12 heteroatoms. The van der Waals surface area contributed by atoms with Gasteiger partial charge in [-0.15, -0.1) is 0 Å². The fourth-order valence-corrected chi connectivity index (χ4v) is 4.35. The highest BCUT2D eigenvalue weighted by atomic mass is 35.6. The zero-order valence-electron chi connectivity index (χ0n) is 26.3. The van der Waals surface area contributed by atoms with Gasteiger partial charge in [-0.25, -0.2) is 4.79 Å². The number of benzene rings is 2. The Bertz CT molecular complexity index is 1490. The quantitative estimate of drug-likeness (QED) is 0.0844. The lowest BCUT2D eigenvalue weighted by molar-refractivity contribution is 0.0704. The van der Waals surface area contributed by atoms with Crippen LogP contribution in [0.4, 0.5) is 9.59 Å². The van der Waals surface area contributed by atoms with Crippen molar-refractivity contribution in [3.63, 3.8) is 0 Å². The fourth-order valence-electron chi connectivity index (χ4n) is 3.90. The second-order valence-corrected chi connectivity index (χ2v) is 12.9. The predicted molar refractivity (Wildman–Crippen MR) is 187 cm³/mol. The number of carbonyl (C=O) groups is 2. The van der Waals surface area contributed by atoms with Crippen LogP contribution in [-0.4, -0.2) is 49.6 Å². The van der Waals surface area contributed by atoms with Gasteiger partial charge >= 0.3 is 15.5 Å². The lowest BCUT2D eigenvalue weighted by Crippen LogP contribution is -2.32. The van der Waals surface area contributed by atoms with Crippen molar-refractivity contribution in [3.8, 4) is 22.3 Å². The molecule has 0 saturated carbocycles. The summed E-state index contributed by atoms with van der Waals surface area (Å²) >= 11 is 20.7. The Morgan fingerprint density at radius 2 is 1.26 bits per heavy atom. The molecule has 2 aromatic carbocycles. The number of amides is 1. The Morgan fingerprint density at radius 1 is 0.783 bits per heavy atom. The van der Waals surface area contributed by atoms with Gasteiger partial charge < -0.3 is 19.7 Å². The largest absolute Gasteiger partial charge is 0.511 e. The van der Waals surface area contributed by atoms with Gasteiger partial charge in [-0.05, 0) is 130 Å². The van der Waals surface area contributed by atoms with Crippen LogP contribution >= 0.6 is 46.4 Å². The lowest BCUT2D eigenvalue weighted by atomic mass is 10.0. The third kappa shape index (κ3) is 15.3. The van der Waals surface area contributed by atoms with Gasteiger partial charge in [-0.3, -0.25) is 14.8 Å². The minimum atomic E-state index is -2.03. The van der Waals surface area contributed by atoms with E-state index in [1.54, 1.807) is 17.3 Å². The van der Waals surface area contributed by atoms with E-state index in [1.807, 2.05) is 68.7 Å². The zero-order valence-corrected chi connectivity index (χ0v) is 29.3. The van der Waals surface area contributed by atoms with Crippen LogP contribution < -0.4 is 5.32 Å². The molecule has 0 aliphatic heterocycles. The molecule has 0 radical (unpaired) electrons. The zero-order chi connectivity index (χ0) is 34.1.